The van der Waals surface area contributed by atoms with Crippen molar-refractivity contribution < 1.29 is 0 Å². The quantitative estimate of drug-likeness (QED) is 0.759. The molecule has 6 heteroatoms. The maximum absolute atomic E-state index is 12.1. The van der Waals surface area contributed by atoms with E-state index >= 15 is 0 Å². The number of aryl methyl sites for hydroxylation is 1. The van der Waals surface area contributed by atoms with E-state index in [4.69, 9.17) is 11.6 Å². The zero-order valence-electron chi connectivity index (χ0n) is 12.5. The van der Waals surface area contributed by atoms with Gasteiger partial charge >= 0.3 is 0 Å². The predicted molar refractivity (Wildman–Crippen MR) is 87.1 cm³/mol. The smallest absolute Gasteiger partial charge is 0.287 e. The van der Waals surface area contributed by atoms with Gasteiger partial charge < -0.3 is 10.6 Å². The van der Waals surface area contributed by atoms with E-state index in [1.165, 1.54) is 10.3 Å². The molecular formula is C15H23ClN4O. The summed E-state index contributed by atoms with van der Waals surface area (Å²) < 4.78 is 1.44. The predicted octanol–water partition coefficient (Wildman–Crippen LogP) is 2.42. The molecule has 0 unspecified atom stereocenters. The third-order valence-electron chi connectivity index (χ3n) is 3.63. The first-order valence-electron chi connectivity index (χ1n) is 7.60. The molecule has 0 saturated carbocycles. The molecule has 1 aliphatic rings. The first-order chi connectivity index (χ1) is 10.2. The second kappa shape index (κ2) is 8.20. The fraction of sp³-hybridized carbons (Fsp3) is 0.600. The van der Waals surface area contributed by atoms with E-state index in [1.54, 1.807) is 6.20 Å². The summed E-state index contributed by atoms with van der Waals surface area (Å²) in [4.78, 5) is 12.1. The Morgan fingerprint density at radius 3 is 3.10 bits per heavy atom. The number of anilines is 1. The molecule has 0 bridgehead atoms. The minimum Gasteiger partial charge on any atom is -0.382 e. The summed E-state index contributed by atoms with van der Waals surface area (Å²) in [5.41, 5.74) is 1.86. The Hall–Kier alpha value is -1.33. The number of hydrogen-bond acceptors (Lipinski definition) is 4. The van der Waals surface area contributed by atoms with Crippen molar-refractivity contribution in [2.75, 3.05) is 25.0 Å². The van der Waals surface area contributed by atoms with E-state index in [0.29, 0.717) is 12.2 Å². The van der Waals surface area contributed by atoms with Crippen LogP contribution >= 0.6 is 11.6 Å². The SMILES string of the molecule is CCCCn1ncc(NCCC2=CCNCC2)c(Cl)c1=O. The Labute approximate surface area is 130 Å². The monoisotopic (exact) mass is 310 g/mol. The van der Waals surface area contributed by atoms with Gasteiger partial charge in [0.15, 0.2) is 0 Å². The van der Waals surface area contributed by atoms with Crippen LogP contribution in [0.2, 0.25) is 5.02 Å². The number of hydrogen-bond donors (Lipinski definition) is 2. The Bertz CT molecular complexity index is 553. The molecule has 0 fully saturated rings. The van der Waals surface area contributed by atoms with E-state index < -0.39 is 0 Å². The first-order valence-corrected chi connectivity index (χ1v) is 7.98. The molecule has 2 N–H and O–H groups in total. The normalized spacial score (nSPS) is 14.9. The van der Waals surface area contributed by atoms with Gasteiger partial charge in [0, 0.05) is 19.6 Å². The van der Waals surface area contributed by atoms with Gasteiger partial charge in [0.1, 0.15) is 5.02 Å². The first kappa shape index (κ1) is 16.0. The van der Waals surface area contributed by atoms with Crippen molar-refractivity contribution in [3.8, 4) is 0 Å². The third kappa shape index (κ3) is 4.58. The van der Waals surface area contributed by atoms with Crippen LogP contribution in [0.1, 0.15) is 32.6 Å². The van der Waals surface area contributed by atoms with Crippen LogP contribution in [0.4, 0.5) is 5.69 Å². The van der Waals surface area contributed by atoms with Gasteiger partial charge in [-0.15, -0.1) is 0 Å². The zero-order valence-corrected chi connectivity index (χ0v) is 13.2. The molecule has 0 atom stereocenters. The standard InChI is InChI=1S/C15H23ClN4O/c1-2-3-10-20-15(21)14(16)13(11-19-20)18-9-6-12-4-7-17-8-5-12/h4,11,17-18H,2-3,5-10H2,1H3. The van der Waals surface area contributed by atoms with E-state index in [2.05, 4.69) is 28.7 Å². The van der Waals surface area contributed by atoms with Crippen LogP contribution in [0.15, 0.2) is 22.6 Å². The average Bonchev–Trinajstić information content (AvgIpc) is 2.52. The van der Waals surface area contributed by atoms with Crippen LogP contribution in [-0.2, 0) is 6.54 Å². The number of nitrogens with one attached hydrogen (secondary N) is 2. The van der Waals surface area contributed by atoms with Crippen LogP contribution in [0.5, 0.6) is 0 Å². The number of aromatic nitrogens is 2. The lowest BCUT2D eigenvalue weighted by molar-refractivity contribution is 0.543. The van der Waals surface area contributed by atoms with Crippen molar-refractivity contribution in [3.63, 3.8) is 0 Å². The molecule has 0 amide bonds. The van der Waals surface area contributed by atoms with Gasteiger partial charge in [-0.25, -0.2) is 4.68 Å². The molecule has 1 aromatic rings. The van der Waals surface area contributed by atoms with E-state index in [0.717, 1.165) is 45.3 Å². The lowest BCUT2D eigenvalue weighted by Crippen LogP contribution is -2.24. The molecule has 21 heavy (non-hydrogen) atoms. The maximum Gasteiger partial charge on any atom is 0.287 e. The summed E-state index contributed by atoms with van der Waals surface area (Å²) in [5, 5.41) is 10.9. The van der Waals surface area contributed by atoms with Crippen LogP contribution in [0, 0.1) is 0 Å². The topological polar surface area (TPSA) is 59.0 Å². The van der Waals surface area contributed by atoms with Crippen LogP contribution < -0.4 is 16.2 Å². The summed E-state index contributed by atoms with van der Waals surface area (Å²) >= 11 is 6.14. The molecule has 2 rings (SSSR count). The van der Waals surface area contributed by atoms with Gasteiger partial charge in [0.25, 0.3) is 5.56 Å². The number of unbranched alkanes of at least 4 members (excludes halogenated alkanes) is 1. The average molecular weight is 311 g/mol. The molecule has 0 radical (unpaired) electrons. The van der Waals surface area contributed by atoms with Crippen LogP contribution in [-0.4, -0.2) is 29.4 Å². The fourth-order valence-corrected chi connectivity index (χ4v) is 2.52. The Morgan fingerprint density at radius 1 is 1.52 bits per heavy atom. The molecule has 0 aliphatic carbocycles. The maximum atomic E-state index is 12.1. The van der Waals surface area contributed by atoms with Gasteiger partial charge in [0.2, 0.25) is 0 Å². The molecular weight excluding hydrogens is 288 g/mol. The summed E-state index contributed by atoms with van der Waals surface area (Å²) in [6, 6.07) is 0. The molecule has 2 heterocycles. The van der Waals surface area contributed by atoms with Crippen molar-refractivity contribution in [2.45, 2.75) is 39.2 Å². The van der Waals surface area contributed by atoms with Crippen molar-refractivity contribution in [1.29, 1.82) is 0 Å². The van der Waals surface area contributed by atoms with E-state index in [9.17, 15) is 4.79 Å². The summed E-state index contributed by atoms with van der Waals surface area (Å²) in [5.74, 6) is 0. The van der Waals surface area contributed by atoms with E-state index in [1.807, 2.05) is 0 Å². The Morgan fingerprint density at radius 2 is 2.38 bits per heavy atom. The largest absolute Gasteiger partial charge is 0.382 e. The van der Waals surface area contributed by atoms with Gasteiger partial charge in [-0.2, -0.15) is 5.10 Å². The van der Waals surface area contributed by atoms with Gasteiger partial charge in [-0.05, 0) is 25.8 Å². The summed E-state index contributed by atoms with van der Waals surface area (Å²) in [6.45, 7) is 5.46. The second-order valence-electron chi connectivity index (χ2n) is 5.25. The highest BCUT2D eigenvalue weighted by Crippen LogP contribution is 2.16. The molecule has 0 aromatic carbocycles. The van der Waals surface area contributed by atoms with Crippen molar-refractivity contribution in [1.82, 2.24) is 15.1 Å². The van der Waals surface area contributed by atoms with Crippen molar-refractivity contribution in [2.24, 2.45) is 0 Å². The molecule has 1 aliphatic heterocycles. The minimum atomic E-state index is -0.212. The number of nitrogens with zero attached hydrogens (tertiary/aromatic N) is 2. The van der Waals surface area contributed by atoms with Crippen LogP contribution in [0.25, 0.3) is 0 Å². The number of rotatable bonds is 7. The number of halogens is 1. The second-order valence-corrected chi connectivity index (χ2v) is 5.63. The van der Waals surface area contributed by atoms with Gasteiger partial charge in [-0.1, -0.05) is 36.6 Å². The molecule has 5 nitrogen and oxygen atoms in total. The summed E-state index contributed by atoms with van der Waals surface area (Å²) in [7, 11) is 0. The highest BCUT2D eigenvalue weighted by Gasteiger charge is 2.09. The molecule has 0 saturated heterocycles. The Balaban J connectivity index is 1.92. The lowest BCUT2D eigenvalue weighted by Gasteiger charge is -2.15. The lowest BCUT2D eigenvalue weighted by atomic mass is 10.1. The van der Waals surface area contributed by atoms with Crippen LogP contribution in [0.3, 0.4) is 0 Å². The highest BCUT2D eigenvalue weighted by atomic mass is 35.5. The third-order valence-corrected chi connectivity index (χ3v) is 3.99. The van der Waals surface area contributed by atoms with Crippen molar-refractivity contribution in [3.05, 3.63) is 33.2 Å². The molecule has 116 valence electrons. The summed E-state index contributed by atoms with van der Waals surface area (Å²) in [6.07, 6.45) is 7.89. The fourth-order valence-electron chi connectivity index (χ4n) is 2.31. The Kier molecular flexibility index (Phi) is 6.26. The zero-order chi connectivity index (χ0) is 15.1. The minimum absolute atomic E-state index is 0.212. The molecule has 0 spiro atoms. The molecule has 1 aromatic heterocycles. The van der Waals surface area contributed by atoms with E-state index in [-0.39, 0.29) is 10.6 Å². The highest BCUT2D eigenvalue weighted by molar-refractivity contribution is 6.32. The van der Waals surface area contributed by atoms with Gasteiger partial charge in [0.05, 0.1) is 11.9 Å². The van der Waals surface area contributed by atoms with Gasteiger partial charge in [-0.3, -0.25) is 4.79 Å². The van der Waals surface area contributed by atoms with Crippen molar-refractivity contribution >= 4 is 17.3 Å².